The Morgan fingerprint density at radius 1 is 1.05 bits per heavy atom. The molecule has 4 heteroatoms. The van der Waals surface area contributed by atoms with Crippen LogP contribution in [0.25, 0.3) is 6.08 Å². The van der Waals surface area contributed by atoms with Crippen molar-refractivity contribution in [2.75, 3.05) is 0 Å². The van der Waals surface area contributed by atoms with E-state index in [1.165, 1.54) is 12.1 Å². The van der Waals surface area contributed by atoms with Crippen molar-refractivity contribution in [1.29, 1.82) is 0 Å². The highest BCUT2D eigenvalue weighted by Crippen LogP contribution is 2.38. The molecule has 0 aromatic heterocycles. The monoisotopic (exact) mass is 288 g/mol. The predicted octanol–water partition coefficient (Wildman–Crippen LogP) is 4.42. The van der Waals surface area contributed by atoms with Gasteiger partial charge in [-0.15, -0.1) is 0 Å². The highest BCUT2D eigenvalue weighted by molar-refractivity contribution is 6.54. The lowest BCUT2D eigenvalue weighted by Gasteiger charge is -2.32. The summed E-state index contributed by atoms with van der Waals surface area (Å²) in [6.45, 7) is 10.1. The minimum atomic E-state index is -0.326. The van der Waals surface area contributed by atoms with Crippen molar-refractivity contribution in [3.05, 3.63) is 53.3 Å². The average molecular weight is 288 g/mol. The van der Waals surface area contributed by atoms with Gasteiger partial charge in [0.1, 0.15) is 5.82 Å². The maximum Gasteiger partial charge on any atom is 0.490 e. The number of allylic oxidation sites excluding steroid dienone is 3. The van der Waals surface area contributed by atoms with Gasteiger partial charge in [0.25, 0.3) is 0 Å². The first kappa shape index (κ1) is 16.0. The van der Waals surface area contributed by atoms with Crippen LogP contribution in [0.4, 0.5) is 4.39 Å². The third-order valence-corrected chi connectivity index (χ3v) is 4.14. The topological polar surface area (TPSA) is 18.5 Å². The molecular weight excluding hydrogens is 266 g/mol. The molecule has 1 saturated heterocycles. The van der Waals surface area contributed by atoms with Gasteiger partial charge in [-0.3, -0.25) is 0 Å². The molecular formula is C17H22BFO2. The number of hydrogen-bond acceptors (Lipinski definition) is 2. The molecule has 0 unspecified atom stereocenters. The van der Waals surface area contributed by atoms with E-state index in [1.54, 1.807) is 12.1 Å². The summed E-state index contributed by atoms with van der Waals surface area (Å²) in [7, 11) is -0.326. The summed E-state index contributed by atoms with van der Waals surface area (Å²) in [5.41, 5.74) is 1.31. The van der Waals surface area contributed by atoms with E-state index in [9.17, 15) is 4.39 Å². The van der Waals surface area contributed by atoms with E-state index in [2.05, 4.69) is 0 Å². The van der Waals surface area contributed by atoms with Gasteiger partial charge in [0.15, 0.2) is 0 Å². The number of benzene rings is 1. The zero-order valence-corrected chi connectivity index (χ0v) is 13.3. The van der Waals surface area contributed by atoms with E-state index in [0.29, 0.717) is 0 Å². The first-order valence-electron chi connectivity index (χ1n) is 7.17. The van der Waals surface area contributed by atoms with Gasteiger partial charge in [-0.05, 0) is 57.8 Å². The molecule has 21 heavy (non-hydrogen) atoms. The molecule has 112 valence electrons. The van der Waals surface area contributed by atoms with E-state index >= 15 is 0 Å². The molecule has 0 atom stereocenters. The lowest BCUT2D eigenvalue weighted by atomic mass is 9.79. The van der Waals surface area contributed by atoms with Crippen LogP contribution in [0, 0.1) is 5.82 Å². The molecule has 2 nitrogen and oxygen atoms in total. The molecule has 0 radical (unpaired) electrons. The van der Waals surface area contributed by atoms with Gasteiger partial charge < -0.3 is 9.31 Å². The Balaban J connectivity index is 2.04. The maximum atomic E-state index is 12.8. The van der Waals surface area contributed by atoms with Crippen LogP contribution < -0.4 is 0 Å². The molecule has 0 amide bonds. The van der Waals surface area contributed by atoms with Gasteiger partial charge in [-0.25, -0.2) is 4.39 Å². The van der Waals surface area contributed by atoms with Crippen LogP contribution in [0.1, 0.15) is 40.2 Å². The van der Waals surface area contributed by atoms with Crippen molar-refractivity contribution in [1.82, 2.24) is 0 Å². The summed E-state index contributed by atoms with van der Waals surface area (Å²) in [6, 6.07) is 6.38. The fourth-order valence-electron chi connectivity index (χ4n) is 1.99. The van der Waals surface area contributed by atoms with Gasteiger partial charge in [0.2, 0.25) is 0 Å². The predicted molar refractivity (Wildman–Crippen MR) is 85.3 cm³/mol. The number of halogens is 1. The number of hydrogen-bond donors (Lipinski definition) is 0. The van der Waals surface area contributed by atoms with Crippen molar-refractivity contribution < 1.29 is 13.7 Å². The minimum Gasteiger partial charge on any atom is -0.400 e. The maximum absolute atomic E-state index is 12.8. The van der Waals surface area contributed by atoms with Crippen molar-refractivity contribution in [2.45, 2.75) is 45.8 Å². The molecule has 2 rings (SSSR count). The molecule has 1 aliphatic heterocycles. The Morgan fingerprint density at radius 3 is 2.10 bits per heavy atom. The largest absolute Gasteiger partial charge is 0.490 e. The number of rotatable bonds is 3. The normalized spacial score (nSPS) is 21.2. The molecule has 0 saturated carbocycles. The smallest absolute Gasteiger partial charge is 0.400 e. The molecule has 0 aliphatic carbocycles. The van der Waals surface area contributed by atoms with Gasteiger partial charge >= 0.3 is 7.12 Å². The zero-order valence-electron chi connectivity index (χ0n) is 13.3. The van der Waals surface area contributed by atoms with Crippen molar-refractivity contribution in [2.24, 2.45) is 0 Å². The Labute approximate surface area is 126 Å². The van der Waals surface area contributed by atoms with Crippen LogP contribution in [0.2, 0.25) is 0 Å². The van der Waals surface area contributed by atoms with Crippen LogP contribution in [-0.4, -0.2) is 18.3 Å². The molecule has 0 spiro atoms. The summed E-state index contributed by atoms with van der Waals surface area (Å²) >= 11 is 0. The summed E-state index contributed by atoms with van der Waals surface area (Å²) < 4.78 is 24.8. The molecule has 1 aliphatic rings. The summed E-state index contributed by atoms with van der Waals surface area (Å²) in [5, 5.41) is 0. The second kappa shape index (κ2) is 5.78. The van der Waals surface area contributed by atoms with E-state index in [-0.39, 0.29) is 24.1 Å². The fraction of sp³-hybridized carbons (Fsp3) is 0.412. The SMILES string of the molecule is C/C(=C/C=C/c1ccc(F)cc1)B1OC(C)(C)C(C)(C)O1. The summed E-state index contributed by atoms with van der Waals surface area (Å²) in [6.07, 6.45) is 5.81. The van der Waals surface area contributed by atoms with E-state index in [4.69, 9.17) is 9.31 Å². The highest BCUT2D eigenvalue weighted by Gasteiger charge is 2.51. The Bertz CT molecular complexity index is 543. The molecule has 1 fully saturated rings. The first-order valence-corrected chi connectivity index (χ1v) is 7.17. The highest BCUT2D eigenvalue weighted by atomic mass is 19.1. The summed E-state index contributed by atoms with van der Waals surface area (Å²) in [4.78, 5) is 0. The van der Waals surface area contributed by atoms with E-state index < -0.39 is 0 Å². The average Bonchev–Trinajstić information content (AvgIpc) is 2.61. The molecule has 1 heterocycles. The molecule has 0 N–H and O–H groups in total. The Morgan fingerprint density at radius 2 is 1.57 bits per heavy atom. The van der Waals surface area contributed by atoms with Crippen molar-refractivity contribution >= 4 is 13.2 Å². The molecule has 0 bridgehead atoms. The quantitative estimate of drug-likeness (QED) is 0.605. The second-order valence-electron chi connectivity index (χ2n) is 6.41. The molecule has 1 aromatic rings. The zero-order chi connectivity index (χ0) is 15.7. The Kier molecular flexibility index (Phi) is 4.40. The van der Waals surface area contributed by atoms with E-state index in [0.717, 1.165) is 11.0 Å². The van der Waals surface area contributed by atoms with Gasteiger partial charge in [-0.1, -0.05) is 30.4 Å². The molecule has 1 aromatic carbocycles. The van der Waals surface area contributed by atoms with Crippen molar-refractivity contribution in [3.63, 3.8) is 0 Å². The van der Waals surface area contributed by atoms with Gasteiger partial charge in [0.05, 0.1) is 11.2 Å². The third kappa shape index (κ3) is 3.63. The van der Waals surface area contributed by atoms with Gasteiger partial charge in [-0.2, -0.15) is 0 Å². The summed E-state index contributed by atoms with van der Waals surface area (Å²) in [5.74, 6) is -0.226. The van der Waals surface area contributed by atoms with Crippen LogP contribution in [0.5, 0.6) is 0 Å². The van der Waals surface area contributed by atoms with Crippen LogP contribution in [-0.2, 0) is 9.31 Å². The Hall–Kier alpha value is -1.39. The van der Waals surface area contributed by atoms with Crippen LogP contribution >= 0.6 is 0 Å². The second-order valence-corrected chi connectivity index (χ2v) is 6.41. The van der Waals surface area contributed by atoms with E-state index in [1.807, 2.05) is 52.8 Å². The van der Waals surface area contributed by atoms with Crippen LogP contribution in [0.3, 0.4) is 0 Å². The van der Waals surface area contributed by atoms with Crippen molar-refractivity contribution in [3.8, 4) is 0 Å². The first-order chi connectivity index (χ1) is 9.71. The minimum absolute atomic E-state index is 0.226. The van der Waals surface area contributed by atoms with Gasteiger partial charge in [0, 0.05) is 0 Å². The standard InChI is InChI=1S/C17H22BFO2/c1-13(18-20-16(2,3)17(4,5)21-18)7-6-8-14-9-11-15(19)12-10-14/h6-12H,1-5H3/b8-6+,13-7-. The van der Waals surface area contributed by atoms with Crippen LogP contribution in [0.15, 0.2) is 41.9 Å². The lowest BCUT2D eigenvalue weighted by molar-refractivity contribution is 0.00578. The lowest BCUT2D eigenvalue weighted by Crippen LogP contribution is -2.41. The third-order valence-electron chi connectivity index (χ3n) is 4.14. The fourth-order valence-corrected chi connectivity index (χ4v) is 1.99.